The zero-order valence-corrected chi connectivity index (χ0v) is 11.8. The molecule has 0 spiro atoms. The highest BCUT2D eigenvalue weighted by Crippen LogP contribution is 2.34. The van der Waals surface area contributed by atoms with Crippen molar-refractivity contribution in [1.82, 2.24) is 9.97 Å². The van der Waals surface area contributed by atoms with E-state index in [1.54, 1.807) is 24.3 Å². The van der Waals surface area contributed by atoms with Crippen LogP contribution >= 0.6 is 23.2 Å². The molecule has 0 amide bonds. The van der Waals surface area contributed by atoms with Gasteiger partial charge in [0.15, 0.2) is 5.69 Å². The van der Waals surface area contributed by atoms with E-state index in [-0.39, 0.29) is 23.0 Å². The molecule has 1 aromatic carbocycles. The maximum absolute atomic E-state index is 13.0. The highest BCUT2D eigenvalue weighted by molar-refractivity contribution is 6.30. The number of halogens is 5. The number of aromatic nitrogens is 2. The molecule has 20 heavy (non-hydrogen) atoms. The Bertz CT molecular complexity index is 625. The average Bonchev–Trinajstić information content (AvgIpc) is 2.33. The van der Waals surface area contributed by atoms with E-state index in [1.807, 2.05) is 0 Å². The van der Waals surface area contributed by atoms with Crippen LogP contribution in [0.4, 0.5) is 13.2 Å². The molecule has 0 atom stereocenters. The summed E-state index contributed by atoms with van der Waals surface area (Å²) in [4.78, 5) is 7.26. The van der Waals surface area contributed by atoms with Crippen LogP contribution in [0.2, 0.25) is 10.2 Å². The van der Waals surface area contributed by atoms with Gasteiger partial charge in [0.25, 0.3) is 0 Å². The van der Waals surface area contributed by atoms with Gasteiger partial charge in [-0.05, 0) is 24.6 Å². The fraction of sp³-hybridized carbons (Fsp3) is 0.231. The van der Waals surface area contributed by atoms with E-state index in [4.69, 9.17) is 23.2 Å². The molecule has 0 fully saturated rings. The minimum Gasteiger partial charge on any atom is -0.228 e. The summed E-state index contributed by atoms with van der Waals surface area (Å²) in [7, 11) is 0. The lowest BCUT2D eigenvalue weighted by Crippen LogP contribution is -2.15. The van der Waals surface area contributed by atoms with Gasteiger partial charge in [-0.2, -0.15) is 13.2 Å². The molecule has 7 heteroatoms. The van der Waals surface area contributed by atoms with E-state index in [9.17, 15) is 13.2 Å². The molecule has 0 unspecified atom stereocenters. The fourth-order valence-electron chi connectivity index (χ4n) is 1.76. The number of alkyl halides is 3. The lowest BCUT2D eigenvalue weighted by Gasteiger charge is -2.13. The van der Waals surface area contributed by atoms with Gasteiger partial charge in [0.1, 0.15) is 11.0 Å². The molecule has 2 aromatic rings. The lowest BCUT2D eigenvalue weighted by molar-refractivity contribution is -0.141. The molecule has 0 aliphatic heterocycles. The first-order chi connectivity index (χ1) is 9.27. The van der Waals surface area contributed by atoms with Crippen LogP contribution in [0, 0.1) is 6.92 Å². The van der Waals surface area contributed by atoms with E-state index in [1.165, 1.54) is 6.92 Å². The number of hydrogen-bond donors (Lipinski definition) is 0. The van der Waals surface area contributed by atoms with Crippen molar-refractivity contribution in [2.24, 2.45) is 0 Å². The monoisotopic (exact) mass is 320 g/mol. The molecule has 0 aliphatic rings. The Morgan fingerprint density at radius 3 is 2.20 bits per heavy atom. The van der Waals surface area contributed by atoms with Crippen LogP contribution in [0.25, 0.3) is 0 Å². The maximum atomic E-state index is 13.0. The van der Waals surface area contributed by atoms with Crippen molar-refractivity contribution in [2.75, 3.05) is 0 Å². The van der Waals surface area contributed by atoms with Gasteiger partial charge in [-0.3, -0.25) is 0 Å². The van der Waals surface area contributed by atoms with Crippen molar-refractivity contribution in [3.05, 3.63) is 57.1 Å². The summed E-state index contributed by atoms with van der Waals surface area (Å²) in [6.45, 7) is 1.37. The molecule has 0 aliphatic carbocycles. The van der Waals surface area contributed by atoms with Crippen molar-refractivity contribution in [2.45, 2.75) is 19.5 Å². The molecule has 1 aromatic heterocycles. The highest BCUT2D eigenvalue weighted by atomic mass is 35.5. The van der Waals surface area contributed by atoms with Gasteiger partial charge in [-0.15, -0.1) is 0 Å². The van der Waals surface area contributed by atoms with Crippen molar-refractivity contribution in [3.63, 3.8) is 0 Å². The average molecular weight is 321 g/mol. The smallest absolute Gasteiger partial charge is 0.228 e. The van der Waals surface area contributed by atoms with Crippen LogP contribution < -0.4 is 0 Å². The number of nitrogens with zero attached hydrogens (tertiary/aromatic N) is 2. The van der Waals surface area contributed by atoms with Gasteiger partial charge in [0.05, 0.1) is 0 Å². The SMILES string of the molecule is Cc1nc(Cl)c(Cc2ccc(Cl)cc2)c(C(F)(F)F)n1. The summed E-state index contributed by atoms with van der Waals surface area (Å²) in [6, 6.07) is 6.48. The summed E-state index contributed by atoms with van der Waals surface area (Å²) in [5, 5.41) is 0.329. The van der Waals surface area contributed by atoms with Gasteiger partial charge in [0, 0.05) is 17.0 Å². The first kappa shape index (κ1) is 15.1. The van der Waals surface area contributed by atoms with Crippen LogP contribution in [0.3, 0.4) is 0 Å². The first-order valence-electron chi connectivity index (χ1n) is 5.62. The third-order valence-corrected chi connectivity index (χ3v) is 3.20. The third kappa shape index (κ3) is 3.41. The second-order valence-electron chi connectivity index (χ2n) is 4.19. The number of hydrogen-bond acceptors (Lipinski definition) is 2. The summed E-state index contributed by atoms with van der Waals surface area (Å²) >= 11 is 11.6. The minimum atomic E-state index is -4.57. The molecule has 0 N–H and O–H groups in total. The molecule has 0 radical (unpaired) electrons. The van der Waals surface area contributed by atoms with Gasteiger partial charge in [0.2, 0.25) is 0 Å². The molecule has 0 saturated carbocycles. The Balaban J connectivity index is 2.47. The zero-order chi connectivity index (χ0) is 14.9. The predicted octanol–water partition coefficient (Wildman–Crippen LogP) is 4.70. The Hall–Kier alpha value is -1.33. The number of rotatable bonds is 2. The predicted molar refractivity (Wildman–Crippen MR) is 71.0 cm³/mol. The van der Waals surface area contributed by atoms with E-state index in [2.05, 4.69) is 9.97 Å². The van der Waals surface area contributed by atoms with E-state index in [0.29, 0.717) is 10.6 Å². The molecule has 2 nitrogen and oxygen atoms in total. The second kappa shape index (κ2) is 5.58. The van der Waals surface area contributed by atoms with Crippen molar-refractivity contribution < 1.29 is 13.2 Å². The summed E-state index contributed by atoms with van der Waals surface area (Å²) in [5.41, 5.74) is -0.480. The van der Waals surface area contributed by atoms with Gasteiger partial charge < -0.3 is 0 Å². The minimum absolute atomic E-state index is 0.00880. The third-order valence-electron chi connectivity index (χ3n) is 2.63. The molecular formula is C13H9Cl2F3N2. The standard InChI is InChI=1S/C13H9Cl2F3N2/c1-7-19-11(13(16,17)18)10(12(15)20-7)6-8-2-4-9(14)5-3-8/h2-5H,6H2,1H3. The van der Waals surface area contributed by atoms with Gasteiger partial charge >= 0.3 is 6.18 Å². The Morgan fingerprint density at radius 1 is 1.05 bits per heavy atom. The Kier molecular flexibility index (Phi) is 4.20. The van der Waals surface area contributed by atoms with Crippen molar-refractivity contribution in [1.29, 1.82) is 0 Å². The topological polar surface area (TPSA) is 25.8 Å². The molecular weight excluding hydrogens is 312 g/mol. The van der Waals surface area contributed by atoms with Crippen LogP contribution in [0.1, 0.15) is 22.6 Å². The lowest BCUT2D eigenvalue weighted by atomic mass is 10.0. The van der Waals surface area contributed by atoms with Crippen molar-refractivity contribution in [3.8, 4) is 0 Å². The molecule has 2 rings (SSSR count). The van der Waals surface area contributed by atoms with E-state index >= 15 is 0 Å². The summed E-state index contributed by atoms with van der Waals surface area (Å²) in [6.07, 6.45) is -4.58. The van der Waals surface area contributed by atoms with Gasteiger partial charge in [-0.25, -0.2) is 9.97 Å². The molecule has 106 valence electrons. The molecule has 0 bridgehead atoms. The summed E-state index contributed by atoms with van der Waals surface area (Å²) in [5.74, 6) is -0.0119. The molecule has 1 heterocycles. The van der Waals surface area contributed by atoms with Crippen LogP contribution in [0.5, 0.6) is 0 Å². The first-order valence-corrected chi connectivity index (χ1v) is 6.37. The van der Waals surface area contributed by atoms with Crippen molar-refractivity contribution >= 4 is 23.2 Å². The Labute approximate surface area is 123 Å². The number of aryl methyl sites for hydroxylation is 1. The largest absolute Gasteiger partial charge is 0.433 e. The normalized spacial score (nSPS) is 11.7. The zero-order valence-electron chi connectivity index (χ0n) is 10.3. The van der Waals surface area contributed by atoms with Crippen LogP contribution in [0.15, 0.2) is 24.3 Å². The maximum Gasteiger partial charge on any atom is 0.433 e. The van der Waals surface area contributed by atoms with Crippen LogP contribution in [-0.4, -0.2) is 9.97 Å². The van der Waals surface area contributed by atoms with E-state index in [0.717, 1.165) is 0 Å². The molecule has 0 saturated heterocycles. The van der Waals surface area contributed by atoms with Gasteiger partial charge in [-0.1, -0.05) is 35.3 Å². The fourth-order valence-corrected chi connectivity index (χ4v) is 2.16. The number of benzene rings is 1. The van der Waals surface area contributed by atoms with Crippen LogP contribution in [-0.2, 0) is 12.6 Å². The Morgan fingerprint density at radius 2 is 1.65 bits per heavy atom. The highest BCUT2D eigenvalue weighted by Gasteiger charge is 2.37. The summed E-state index contributed by atoms with van der Waals surface area (Å²) < 4.78 is 39.0. The second-order valence-corrected chi connectivity index (χ2v) is 4.98. The quantitative estimate of drug-likeness (QED) is 0.749. The van der Waals surface area contributed by atoms with E-state index < -0.39 is 11.9 Å².